The third-order valence-corrected chi connectivity index (χ3v) is 6.00. The van der Waals surface area contributed by atoms with Crippen molar-refractivity contribution in [1.29, 1.82) is 0 Å². The molecule has 0 atom stereocenters. The second-order valence-electron chi connectivity index (χ2n) is 8.07. The van der Waals surface area contributed by atoms with Crippen molar-refractivity contribution >= 4 is 11.1 Å². The van der Waals surface area contributed by atoms with Crippen molar-refractivity contribution in [3.05, 3.63) is 69.7 Å². The lowest BCUT2D eigenvalue weighted by Gasteiger charge is -2.29. The first-order chi connectivity index (χ1) is 14.4. The van der Waals surface area contributed by atoms with Crippen LogP contribution in [0.2, 0.25) is 0 Å². The fraction of sp³-hybridized carbons (Fsp3) is 0.435. The highest BCUT2D eigenvalue weighted by Crippen LogP contribution is 2.34. The first-order valence-electron chi connectivity index (χ1n) is 10.4. The standard InChI is InChI=1S/C23H25F3N2O2/c24-23(25,26)18-8-3-15(4-9-18)2-1-13-27-19-10-5-16(6-11-19)17-7-12-20-21(14-17)30-22(29)28-20/h3-4,7-9,12,14,16,19,27H,1-2,5-6,10-11,13H2,(H,28,29)/t16-,19-. The summed E-state index contributed by atoms with van der Waals surface area (Å²) in [6, 6.07) is 11.9. The van der Waals surface area contributed by atoms with E-state index in [1.807, 2.05) is 12.1 Å². The van der Waals surface area contributed by atoms with E-state index in [2.05, 4.69) is 16.4 Å². The Morgan fingerprint density at radius 1 is 1.03 bits per heavy atom. The molecule has 2 N–H and O–H groups in total. The Hall–Kier alpha value is -2.54. The second kappa shape index (κ2) is 8.68. The van der Waals surface area contributed by atoms with E-state index >= 15 is 0 Å². The molecular weight excluding hydrogens is 393 g/mol. The highest BCUT2D eigenvalue weighted by Gasteiger charge is 2.29. The van der Waals surface area contributed by atoms with Gasteiger partial charge in [-0.2, -0.15) is 13.2 Å². The second-order valence-corrected chi connectivity index (χ2v) is 8.07. The van der Waals surface area contributed by atoms with Gasteiger partial charge in [-0.3, -0.25) is 4.98 Å². The number of rotatable bonds is 6. The smallest absolute Gasteiger partial charge is 0.408 e. The van der Waals surface area contributed by atoms with Crippen molar-refractivity contribution in [2.24, 2.45) is 0 Å². The van der Waals surface area contributed by atoms with E-state index in [1.54, 1.807) is 12.1 Å². The summed E-state index contributed by atoms with van der Waals surface area (Å²) in [4.78, 5) is 14.0. The van der Waals surface area contributed by atoms with Crippen LogP contribution in [0.15, 0.2) is 51.7 Å². The van der Waals surface area contributed by atoms with Gasteiger partial charge in [0.1, 0.15) is 0 Å². The van der Waals surface area contributed by atoms with Gasteiger partial charge in [-0.25, -0.2) is 4.79 Å². The number of halogens is 3. The van der Waals surface area contributed by atoms with Crippen LogP contribution < -0.4 is 11.1 Å². The molecule has 4 nitrogen and oxygen atoms in total. The molecule has 0 bridgehead atoms. The summed E-state index contributed by atoms with van der Waals surface area (Å²) in [5, 5.41) is 3.59. The molecule has 0 aliphatic heterocycles. The van der Waals surface area contributed by atoms with Gasteiger partial charge in [0.2, 0.25) is 0 Å². The van der Waals surface area contributed by atoms with E-state index in [1.165, 1.54) is 5.56 Å². The number of hydrogen-bond acceptors (Lipinski definition) is 3. The quantitative estimate of drug-likeness (QED) is 0.528. The molecule has 7 heteroatoms. The zero-order chi connectivity index (χ0) is 21.1. The molecule has 0 amide bonds. The average Bonchev–Trinajstić information content (AvgIpc) is 3.10. The fourth-order valence-electron chi connectivity index (χ4n) is 4.31. The molecule has 30 heavy (non-hydrogen) atoms. The van der Waals surface area contributed by atoms with Crippen molar-refractivity contribution in [2.45, 2.75) is 56.7 Å². The predicted molar refractivity (Wildman–Crippen MR) is 110 cm³/mol. The molecule has 1 aliphatic carbocycles. The Balaban J connectivity index is 1.20. The van der Waals surface area contributed by atoms with E-state index < -0.39 is 17.5 Å². The number of oxazole rings is 1. The van der Waals surface area contributed by atoms with Crippen LogP contribution in [-0.4, -0.2) is 17.6 Å². The molecule has 160 valence electrons. The highest BCUT2D eigenvalue weighted by atomic mass is 19.4. The lowest BCUT2D eigenvalue weighted by Crippen LogP contribution is -2.33. The Morgan fingerprint density at radius 2 is 1.77 bits per heavy atom. The molecule has 3 aromatic rings. The third-order valence-electron chi connectivity index (χ3n) is 6.00. The number of alkyl halides is 3. The van der Waals surface area contributed by atoms with Crippen LogP contribution in [0.1, 0.15) is 54.7 Å². The maximum absolute atomic E-state index is 12.6. The number of nitrogens with one attached hydrogen (secondary N) is 2. The van der Waals surface area contributed by atoms with Crippen LogP contribution in [0.4, 0.5) is 13.2 Å². The van der Waals surface area contributed by atoms with Gasteiger partial charge >= 0.3 is 11.9 Å². The van der Waals surface area contributed by atoms with Crippen molar-refractivity contribution in [3.8, 4) is 0 Å². The number of aromatic nitrogens is 1. The summed E-state index contributed by atoms with van der Waals surface area (Å²) < 4.78 is 43.0. The lowest BCUT2D eigenvalue weighted by molar-refractivity contribution is -0.137. The first kappa shape index (κ1) is 20.7. The largest absolute Gasteiger partial charge is 0.417 e. The van der Waals surface area contributed by atoms with Gasteiger partial charge in [0.25, 0.3) is 0 Å². The fourth-order valence-corrected chi connectivity index (χ4v) is 4.31. The molecule has 0 radical (unpaired) electrons. The minimum Gasteiger partial charge on any atom is -0.408 e. The number of hydrogen-bond donors (Lipinski definition) is 2. The third kappa shape index (κ3) is 4.95. The maximum atomic E-state index is 12.6. The molecule has 0 unspecified atom stereocenters. The number of aryl methyl sites for hydroxylation is 1. The van der Waals surface area contributed by atoms with Gasteiger partial charge in [-0.1, -0.05) is 18.2 Å². The summed E-state index contributed by atoms with van der Waals surface area (Å²) >= 11 is 0. The van der Waals surface area contributed by atoms with Gasteiger partial charge in [-0.05, 0) is 86.4 Å². The lowest BCUT2D eigenvalue weighted by atomic mass is 9.81. The summed E-state index contributed by atoms with van der Waals surface area (Å²) in [6.07, 6.45) is 1.71. The molecule has 1 saturated carbocycles. The van der Waals surface area contributed by atoms with Crippen LogP contribution in [0, 0.1) is 0 Å². The molecular formula is C23H25F3N2O2. The van der Waals surface area contributed by atoms with E-state index in [9.17, 15) is 18.0 Å². The number of aromatic amines is 1. The average molecular weight is 418 g/mol. The topological polar surface area (TPSA) is 58.0 Å². The zero-order valence-electron chi connectivity index (χ0n) is 16.6. The number of benzene rings is 2. The zero-order valence-corrected chi connectivity index (χ0v) is 16.6. The minimum atomic E-state index is -4.28. The van der Waals surface area contributed by atoms with Crippen LogP contribution in [0.5, 0.6) is 0 Å². The molecule has 1 heterocycles. The summed E-state index contributed by atoms with van der Waals surface area (Å²) in [7, 11) is 0. The van der Waals surface area contributed by atoms with Crippen LogP contribution in [0.3, 0.4) is 0 Å². The molecule has 1 aliphatic rings. The maximum Gasteiger partial charge on any atom is 0.417 e. The minimum absolute atomic E-state index is 0.425. The van der Waals surface area contributed by atoms with Crippen molar-refractivity contribution in [2.75, 3.05) is 6.54 Å². The summed E-state index contributed by atoms with van der Waals surface area (Å²) in [5.41, 5.74) is 2.89. The Morgan fingerprint density at radius 3 is 2.47 bits per heavy atom. The first-order valence-corrected chi connectivity index (χ1v) is 10.4. The summed E-state index contributed by atoms with van der Waals surface area (Å²) in [5.74, 6) is 0.0474. The normalized spacial score (nSPS) is 20.0. The van der Waals surface area contributed by atoms with E-state index in [-0.39, 0.29) is 0 Å². The number of fused-ring (bicyclic) bond motifs is 1. The predicted octanol–water partition coefficient (Wildman–Crippen LogP) is 5.39. The van der Waals surface area contributed by atoms with Gasteiger partial charge in [0.15, 0.2) is 5.58 Å². The Bertz CT molecular complexity index is 1030. The molecule has 0 spiro atoms. The van der Waals surface area contributed by atoms with Crippen LogP contribution in [-0.2, 0) is 12.6 Å². The van der Waals surface area contributed by atoms with Crippen LogP contribution in [0.25, 0.3) is 11.1 Å². The van der Waals surface area contributed by atoms with Gasteiger partial charge in [-0.15, -0.1) is 0 Å². The SMILES string of the molecule is O=c1[nH]c2ccc([C@H]3CC[C@H](NCCCc4ccc(C(F)(F)F)cc4)CC3)cc2o1. The molecule has 0 saturated heterocycles. The molecule has 4 rings (SSSR count). The van der Waals surface area contributed by atoms with Gasteiger partial charge in [0, 0.05) is 6.04 Å². The van der Waals surface area contributed by atoms with Crippen molar-refractivity contribution in [1.82, 2.24) is 10.3 Å². The van der Waals surface area contributed by atoms with Crippen LogP contribution >= 0.6 is 0 Å². The van der Waals surface area contributed by atoms with Gasteiger partial charge < -0.3 is 9.73 Å². The van der Waals surface area contributed by atoms with E-state index in [0.29, 0.717) is 17.5 Å². The van der Waals surface area contributed by atoms with E-state index in [0.717, 1.165) is 68.3 Å². The Labute approximate surface area is 172 Å². The Kier molecular flexibility index (Phi) is 5.99. The van der Waals surface area contributed by atoms with E-state index in [4.69, 9.17) is 4.42 Å². The molecule has 2 aromatic carbocycles. The van der Waals surface area contributed by atoms with Gasteiger partial charge in [0.05, 0.1) is 11.1 Å². The van der Waals surface area contributed by atoms with Crippen molar-refractivity contribution < 1.29 is 17.6 Å². The summed E-state index contributed by atoms with van der Waals surface area (Å²) in [6.45, 7) is 0.858. The number of H-pyrrole nitrogens is 1. The van der Waals surface area contributed by atoms with Crippen molar-refractivity contribution in [3.63, 3.8) is 0 Å². The molecule has 1 aromatic heterocycles. The molecule has 1 fully saturated rings. The monoisotopic (exact) mass is 418 g/mol. The highest BCUT2D eigenvalue weighted by molar-refractivity contribution is 5.72.